The zero-order valence-corrected chi connectivity index (χ0v) is 31.8. The molecule has 0 aliphatic carbocycles. The van der Waals surface area contributed by atoms with Crippen LogP contribution < -0.4 is 36.6 Å². The summed E-state index contributed by atoms with van der Waals surface area (Å²) in [5, 5.41) is 13.1. The van der Waals surface area contributed by atoms with Crippen LogP contribution in [0.2, 0.25) is 0 Å². The van der Waals surface area contributed by atoms with Crippen LogP contribution in [0.1, 0.15) is 0 Å². The Morgan fingerprint density at radius 2 is 1.12 bits per heavy atom. The second-order valence-electron chi connectivity index (χ2n) is 15.9. The Kier molecular flexibility index (Phi) is 5.62. The average Bonchev–Trinajstić information content (AvgIpc) is 3.83. The van der Waals surface area contributed by atoms with E-state index in [1.807, 2.05) is 0 Å². The number of hydrogen-bond donors (Lipinski definition) is 0. The van der Waals surface area contributed by atoms with E-state index in [4.69, 9.17) is 4.42 Å². The number of furan rings is 1. The summed E-state index contributed by atoms with van der Waals surface area (Å²) in [7, 11) is -2.89. The van der Waals surface area contributed by atoms with Gasteiger partial charge in [-0.1, -0.05) is 170 Å². The van der Waals surface area contributed by atoms with Crippen molar-refractivity contribution in [3.63, 3.8) is 0 Å². The standard InChI is InChI=1S/C52H31BN2OSi/c1-3-16-33(17-4-1)57(34-18-5-2-6-19-34)45-27-12-10-25-42(45)54-51-41(24-14-28-46(51)57)53-48-40(31-44-47(52(48)54)39-21-9-11-26-43(39)56-44)37-23-13-22-36-38-30-29-32-15-7-8-20-35(32)49(38)55(53)50(36)37/h1-31H. The van der Waals surface area contributed by atoms with Gasteiger partial charge in [-0.25, -0.2) is 0 Å². The number of para-hydroxylation sites is 4. The summed E-state index contributed by atoms with van der Waals surface area (Å²) >= 11 is 0. The van der Waals surface area contributed by atoms with Gasteiger partial charge in [0.05, 0.1) is 11.1 Å². The molecule has 9 aromatic carbocycles. The van der Waals surface area contributed by atoms with Crippen molar-refractivity contribution in [1.82, 2.24) is 4.48 Å². The third-order valence-corrected chi connectivity index (χ3v) is 18.2. The number of anilines is 3. The minimum atomic E-state index is -2.89. The van der Waals surface area contributed by atoms with Crippen molar-refractivity contribution < 1.29 is 4.42 Å². The maximum Gasteiger partial charge on any atom is 0.333 e. The molecule has 0 radical (unpaired) electrons. The molecule has 57 heavy (non-hydrogen) atoms. The molecular formula is C52H31BN2OSi. The Morgan fingerprint density at radius 3 is 1.96 bits per heavy atom. The molecule has 0 N–H and O–H groups in total. The van der Waals surface area contributed by atoms with Crippen molar-refractivity contribution in [1.29, 1.82) is 0 Å². The monoisotopic (exact) mass is 738 g/mol. The highest BCUT2D eigenvalue weighted by molar-refractivity contribution is 7.21. The molecule has 5 heterocycles. The summed E-state index contributed by atoms with van der Waals surface area (Å²) in [6, 6.07) is 70.7. The summed E-state index contributed by atoms with van der Waals surface area (Å²) < 4.78 is 9.62. The van der Waals surface area contributed by atoms with Crippen molar-refractivity contribution in [2.45, 2.75) is 0 Å². The Morgan fingerprint density at radius 1 is 0.456 bits per heavy atom. The van der Waals surface area contributed by atoms with Gasteiger partial charge in [0.2, 0.25) is 0 Å². The lowest BCUT2D eigenvalue weighted by Crippen LogP contribution is -2.78. The molecule has 0 amide bonds. The van der Waals surface area contributed by atoms with Crippen LogP contribution in [0.15, 0.2) is 192 Å². The lowest BCUT2D eigenvalue weighted by atomic mass is 9.45. The normalized spacial score (nSPS) is 14.4. The summed E-state index contributed by atoms with van der Waals surface area (Å²) in [5.74, 6) is 0. The number of benzene rings is 9. The topological polar surface area (TPSA) is 21.3 Å². The van der Waals surface area contributed by atoms with Gasteiger partial charge < -0.3 is 13.8 Å². The van der Waals surface area contributed by atoms with Gasteiger partial charge in [0, 0.05) is 49.5 Å². The first-order valence-corrected chi connectivity index (χ1v) is 21.9. The average molecular weight is 739 g/mol. The maximum absolute atomic E-state index is 6.89. The first-order chi connectivity index (χ1) is 28.3. The predicted octanol–water partition coefficient (Wildman–Crippen LogP) is 8.96. The second kappa shape index (κ2) is 10.6. The van der Waals surface area contributed by atoms with Crippen LogP contribution in [0, 0.1) is 0 Å². The number of hydrogen-bond acceptors (Lipinski definition) is 2. The summed E-state index contributed by atoms with van der Waals surface area (Å²) in [4.78, 5) is 2.66. The van der Waals surface area contributed by atoms with Gasteiger partial charge in [-0.05, 0) is 60.8 Å². The fourth-order valence-corrected chi connectivity index (χ4v) is 16.5. The Bertz CT molecular complexity index is 3510. The minimum Gasteiger partial charge on any atom is -0.456 e. The SMILES string of the molecule is c1ccc([Si]2(c3ccccc3)c3ccccc3N3c4c(cccc42)B2c4c(cc5oc6ccccc6c5c43)-c3cccc4c5ccc6ccccc6c5n2c34)cc1. The van der Waals surface area contributed by atoms with Gasteiger partial charge in [-0.15, -0.1) is 0 Å². The molecule has 0 spiro atoms. The van der Waals surface area contributed by atoms with Crippen LogP contribution in [-0.2, 0) is 0 Å². The number of nitrogens with zero attached hydrogens (tertiary/aromatic N) is 2. The smallest absolute Gasteiger partial charge is 0.333 e. The van der Waals surface area contributed by atoms with E-state index in [9.17, 15) is 0 Å². The summed E-state index contributed by atoms with van der Waals surface area (Å²) in [6.45, 7) is -0.0801. The van der Waals surface area contributed by atoms with Gasteiger partial charge >= 0.3 is 6.85 Å². The van der Waals surface area contributed by atoms with Crippen LogP contribution in [-0.4, -0.2) is 19.4 Å². The van der Waals surface area contributed by atoms with Crippen molar-refractivity contribution >= 4 is 118 Å². The van der Waals surface area contributed by atoms with Crippen LogP contribution >= 0.6 is 0 Å². The Hall–Kier alpha value is -7.08. The molecule has 14 rings (SSSR count). The fraction of sp³-hybridized carbons (Fsp3) is 0. The highest BCUT2D eigenvalue weighted by Crippen LogP contribution is 2.51. The van der Waals surface area contributed by atoms with Gasteiger partial charge in [-0.2, -0.15) is 0 Å². The van der Waals surface area contributed by atoms with E-state index in [1.165, 1.54) is 97.8 Å². The lowest BCUT2D eigenvalue weighted by Gasteiger charge is -2.49. The summed E-state index contributed by atoms with van der Waals surface area (Å²) in [6.07, 6.45) is 0. The second-order valence-corrected chi connectivity index (χ2v) is 19.6. The van der Waals surface area contributed by atoms with Crippen molar-refractivity contribution in [3.05, 3.63) is 188 Å². The zero-order chi connectivity index (χ0) is 37.0. The molecule has 262 valence electrons. The van der Waals surface area contributed by atoms with Crippen molar-refractivity contribution in [2.75, 3.05) is 4.90 Å². The van der Waals surface area contributed by atoms with Crippen molar-refractivity contribution in [3.8, 4) is 11.1 Å². The molecular weight excluding hydrogens is 707 g/mol. The van der Waals surface area contributed by atoms with Gasteiger partial charge in [0.15, 0.2) is 8.07 Å². The van der Waals surface area contributed by atoms with Crippen LogP contribution in [0.5, 0.6) is 0 Å². The molecule has 0 bridgehead atoms. The molecule has 0 saturated carbocycles. The number of fused-ring (bicyclic) bond motifs is 15. The molecule has 11 aromatic rings. The highest BCUT2D eigenvalue weighted by atomic mass is 28.3. The van der Waals surface area contributed by atoms with Crippen LogP contribution in [0.25, 0.3) is 65.6 Å². The van der Waals surface area contributed by atoms with Gasteiger partial charge in [0.1, 0.15) is 11.2 Å². The molecule has 3 aliphatic rings. The number of aromatic nitrogens is 1. The highest BCUT2D eigenvalue weighted by Gasteiger charge is 2.54. The molecule has 0 unspecified atom stereocenters. The summed E-state index contributed by atoms with van der Waals surface area (Å²) in [5.41, 5.74) is 13.4. The molecule has 5 heteroatoms. The largest absolute Gasteiger partial charge is 0.456 e. The first kappa shape index (κ1) is 30.2. The molecule has 0 saturated heterocycles. The van der Waals surface area contributed by atoms with E-state index in [0.717, 1.165) is 16.6 Å². The van der Waals surface area contributed by atoms with E-state index in [0.29, 0.717) is 0 Å². The lowest BCUT2D eigenvalue weighted by molar-refractivity contribution is 0.669. The van der Waals surface area contributed by atoms with Crippen molar-refractivity contribution in [2.24, 2.45) is 0 Å². The Labute approximate surface area is 329 Å². The third kappa shape index (κ3) is 3.52. The zero-order valence-electron chi connectivity index (χ0n) is 30.8. The Balaban J connectivity index is 1.25. The van der Waals surface area contributed by atoms with E-state index in [1.54, 1.807) is 0 Å². The quantitative estimate of drug-likeness (QED) is 0.165. The maximum atomic E-state index is 6.89. The van der Waals surface area contributed by atoms with Crippen LogP contribution in [0.3, 0.4) is 0 Å². The van der Waals surface area contributed by atoms with Gasteiger partial charge in [-0.3, -0.25) is 0 Å². The molecule has 3 nitrogen and oxygen atoms in total. The van der Waals surface area contributed by atoms with Crippen LogP contribution in [0.4, 0.5) is 17.1 Å². The molecule has 0 atom stereocenters. The fourth-order valence-electron chi connectivity index (χ4n) is 11.4. The minimum absolute atomic E-state index is 0.0801. The van der Waals surface area contributed by atoms with E-state index in [-0.39, 0.29) is 6.85 Å². The predicted molar refractivity (Wildman–Crippen MR) is 242 cm³/mol. The molecule has 0 fully saturated rings. The third-order valence-electron chi connectivity index (χ3n) is 13.4. The van der Waals surface area contributed by atoms with E-state index < -0.39 is 8.07 Å². The molecule has 2 aromatic heterocycles. The number of rotatable bonds is 2. The van der Waals surface area contributed by atoms with E-state index >= 15 is 0 Å². The first-order valence-electron chi connectivity index (χ1n) is 19.9. The van der Waals surface area contributed by atoms with E-state index in [2.05, 4.69) is 197 Å². The van der Waals surface area contributed by atoms with Gasteiger partial charge in [0.25, 0.3) is 0 Å². The molecule has 3 aliphatic heterocycles.